The first-order valence-corrected chi connectivity index (χ1v) is 8.38. The number of urea groups is 1. The van der Waals surface area contributed by atoms with Crippen molar-refractivity contribution >= 4 is 23.5 Å². The molecule has 2 N–H and O–H groups in total. The first-order valence-electron chi connectivity index (χ1n) is 8.38. The first-order chi connectivity index (χ1) is 12.9. The van der Waals surface area contributed by atoms with Crippen molar-refractivity contribution in [1.82, 2.24) is 10.2 Å². The van der Waals surface area contributed by atoms with Crippen molar-refractivity contribution in [1.29, 1.82) is 0 Å². The number of hydrogen-bond donors (Lipinski definition) is 2. The highest BCUT2D eigenvalue weighted by atomic mass is 19.1. The molecule has 0 saturated carbocycles. The van der Waals surface area contributed by atoms with Crippen LogP contribution < -0.4 is 10.6 Å². The number of imide groups is 1. The molecule has 1 aliphatic heterocycles. The summed E-state index contributed by atoms with van der Waals surface area (Å²) in [6.45, 7) is -0.593. The van der Waals surface area contributed by atoms with Gasteiger partial charge in [-0.2, -0.15) is 0 Å². The van der Waals surface area contributed by atoms with E-state index in [9.17, 15) is 23.2 Å². The van der Waals surface area contributed by atoms with Crippen LogP contribution in [0.5, 0.6) is 0 Å². The quantitative estimate of drug-likeness (QED) is 0.813. The normalized spacial score (nSPS) is 20.7. The number of benzene rings is 2. The lowest BCUT2D eigenvalue weighted by molar-refractivity contribution is -0.134. The predicted octanol–water partition coefficient (Wildman–Crippen LogP) is 2.30. The van der Waals surface area contributed by atoms with Crippen molar-refractivity contribution in [3.63, 3.8) is 0 Å². The van der Waals surface area contributed by atoms with E-state index in [1.165, 1.54) is 0 Å². The molecular weight excluding hydrogens is 356 g/mol. The highest BCUT2D eigenvalue weighted by Crippen LogP contribution is 2.41. The van der Waals surface area contributed by atoms with E-state index in [2.05, 4.69) is 10.6 Å². The molecule has 1 fully saturated rings. The maximum atomic E-state index is 13.7. The Morgan fingerprint density at radius 1 is 1.19 bits per heavy atom. The number of hydrogen-bond acceptors (Lipinski definition) is 3. The monoisotopic (exact) mass is 371 g/mol. The Balaban J connectivity index is 1.54. The van der Waals surface area contributed by atoms with Crippen molar-refractivity contribution < 1.29 is 23.2 Å². The number of halogens is 2. The van der Waals surface area contributed by atoms with Gasteiger partial charge in [-0.05, 0) is 36.1 Å². The minimum atomic E-state index is -1.17. The van der Waals surface area contributed by atoms with Crippen LogP contribution in [0.15, 0.2) is 42.5 Å². The molecule has 0 unspecified atom stereocenters. The van der Waals surface area contributed by atoms with E-state index in [4.69, 9.17) is 0 Å². The lowest BCUT2D eigenvalue weighted by atomic mass is 9.92. The molecule has 1 heterocycles. The number of carbonyl (C=O) groups excluding carboxylic acids is 3. The van der Waals surface area contributed by atoms with Gasteiger partial charge in [-0.3, -0.25) is 14.5 Å². The van der Waals surface area contributed by atoms with Crippen LogP contribution in [-0.4, -0.2) is 29.3 Å². The molecular formula is C19H15F2N3O3. The van der Waals surface area contributed by atoms with Crippen molar-refractivity contribution in [3.05, 3.63) is 65.2 Å². The molecule has 1 atom stereocenters. The number of aryl methyl sites for hydroxylation is 1. The minimum Gasteiger partial charge on any atom is -0.322 e. The molecule has 8 heteroatoms. The van der Waals surface area contributed by atoms with Crippen LogP contribution in [0.2, 0.25) is 0 Å². The Hall–Kier alpha value is -3.29. The summed E-state index contributed by atoms with van der Waals surface area (Å²) in [7, 11) is 0. The van der Waals surface area contributed by atoms with Crippen LogP contribution >= 0.6 is 0 Å². The zero-order valence-corrected chi connectivity index (χ0v) is 14.1. The second kappa shape index (κ2) is 6.15. The van der Waals surface area contributed by atoms with Gasteiger partial charge in [0.2, 0.25) is 5.91 Å². The zero-order valence-electron chi connectivity index (χ0n) is 14.1. The Morgan fingerprint density at radius 3 is 2.78 bits per heavy atom. The van der Waals surface area contributed by atoms with Gasteiger partial charge in [0.1, 0.15) is 23.7 Å². The smallest absolute Gasteiger partial charge is 0.322 e. The van der Waals surface area contributed by atoms with Crippen LogP contribution in [0.4, 0.5) is 19.3 Å². The van der Waals surface area contributed by atoms with E-state index >= 15 is 0 Å². The van der Waals surface area contributed by atoms with E-state index in [0.717, 1.165) is 34.2 Å². The predicted molar refractivity (Wildman–Crippen MR) is 91.7 cm³/mol. The Kier molecular flexibility index (Phi) is 3.91. The number of nitrogens with zero attached hydrogens (tertiary/aromatic N) is 1. The average Bonchev–Trinajstić information content (AvgIpc) is 3.12. The first kappa shape index (κ1) is 17.1. The highest BCUT2D eigenvalue weighted by Gasteiger charge is 2.55. The summed E-state index contributed by atoms with van der Waals surface area (Å²) in [6, 6.07) is 9.26. The SMILES string of the molecule is O=C(CN1C(=O)N[C@@]2(CCc3ccccc32)C1=O)Nc1cc(F)ccc1F. The van der Waals surface area contributed by atoms with Crippen molar-refractivity contribution in [2.45, 2.75) is 18.4 Å². The van der Waals surface area contributed by atoms with E-state index in [-0.39, 0.29) is 5.69 Å². The summed E-state index contributed by atoms with van der Waals surface area (Å²) in [5.74, 6) is -2.86. The van der Waals surface area contributed by atoms with E-state index < -0.39 is 41.6 Å². The van der Waals surface area contributed by atoms with Gasteiger partial charge in [-0.15, -0.1) is 0 Å². The summed E-state index contributed by atoms with van der Waals surface area (Å²) in [4.78, 5) is 38.3. The van der Waals surface area contributed by atoms with Gasteiger partial charge in [-0.1, -0.05) is 24.3 Å². The molecule has 0 aromatic heterocycles. The van der Waals surface area contributed by atoms with Gasteiger partial charge in [0.15, 0.2) is 0 Å². The van der Waals surface area contributed by atoms with Gasteiger partial charge in [-0.25, -0.2) is 13.6 Å². The number of anilines is 1. The summed E-state index contributed by atoms with van der Waals surface area (Å²) in [6.07, 6.45) is 1.05. The summed E-state index contributed by atoms with van der Waals surface area (Å²) >= 11 is 0. The molecule has 2 aromatic carbocycles. The second-order valence-corrected chi connectivity index (χ2v) is 6.56. The van der Waals surface area contributed by atoms with Crippen LogP contribution in [0.25, 0.3) is 0 Å². The molecule has 1 aliphatic carbocycles. The van der Waals surface area contributed by atoms with Crippen LogP contribution in [0, 0.1) is 11.6 Å². The fraction of sp³-hybridized carbons (Fsp3) is 0.211. The molecule has 2 aromatic rings. The van der Waals surface area contributed by atoms with Crippen LogP contribution in [0.1, 0.15) is 17.5 Å². The topological polar surface area (TPSA) is 78.5 Å². The van der Waals surface area contributed by atoms with E-state index in [1.807, 2.05) is 12.1 Å². The molecule has 27 heavy (non-hydrogen) atoms. The lowest BCUT2D eigenvalue weighted by Gasteiger charge is -2.22. The number of amides is 4. The van der Waals surface area contributed by atoms with Gasteiger partial charge < -0.3 is 10.6 Å². The van der Waals surface area contributed by atoms with Crippen LogP contribution in [0.3, 0.4) is 0 Å². The van der Waals surface area contributed by atoms with Crippen molar-refractivity contribution in [3.8, 4) is 0 Å². The van der Waals surface area contributed by atoms with Gasteiger partial charge in [0.05, 0.1) is 5.69 Å². The largest absolute Gasteiger partial charge is 0.325 e. The summed E-state index contributed by atoms with van der Waals surface area (Å²) < 4.78 is 26.9. The Bertz CT molecular complexity index is 978. The molecule has 4 rings (SSSR count). The number of carbonyl (C=O) groups is 3. The maximum Gasteiger partial charge on any atom is 0.325 e. The maximum absolute atomic E-state index is 13.7. The third-order valence-electron chi connectivity index (χ3n) is 4.93. The zero-order chi connectivity index (χ0) is 19.2. The van der Waals surface area contributed by atoms with Crippen LogP contribution in [-0.2, 0) is 21.5 Å². The number of rotatable bonds is 3. The molecule has 2 aliphatic rings. The van der Waals surface area contributed by atoms with Gasteiger partial charge in [0, 0.05) is 6.07 Å². The minimum absolute atomic E-state index is 0.354. The van der Waals surface area contributed by atoms with E-state index in [1.54, 1.807) is 12.1 Å². The third kappa shape index (κ3) is 2.73. The Morgan fingerprint density at radius 2 is 1.96 bits per heavy atom. The fourth-order valence-electron chi connectivity index (χ4n) is 3.66. The van der Waals surface area contributed by atoms with Gasteiger partial charge in [0.25, 0.3) is 5.91 Å². The fourth-order valence-corrected chi connectivity index (χ4v) is 3.66. The molecule has 4 amide bonds. The molecule has 138 valence electrons. The number of fused-ring (bicyclic) bond motifs is 2. The van der Waals surface area contributed by atoms with Gasteiger partial charge >= 0.3 is 6.03 Å². The molecule has 0 radical (unpaired) electrons. The standard InChI is InChI=1S/C19H15F2N3O3/c20-12-5-6-14(21)15(9-12)22-16(25)10-24-17(26)19(23-18(24)27)8-7-11-3-1-2-4-13(11)19/h1-6,9H,7-8,10H2,(H,22,25)(H,23,27)/t19-/m1/s1. The average molecular weight is 371 g/mol. The Labute approximate surface area is 153 Å². The lowest BCUT2D eigenvalue weighted by Crippen LogP contribution is -2.43. The van der Waals surface area contributed by atoms with Crippen molar-refractivity contribution in [2.75, 3.05) is 11.9 Å². The van der Waals surface area contributed by atoms with Crippen molar-refractivity contribution in [2.24, 2.45) is 0 Å². The summed E-state index contributed by atoms with van der Waals surface area (Å²) in [5.41, 5.74) is 0.174. The van der Waals surface area contributed by atoms with E-state index in [0.29, 0.717) is 12.8 Å². The molecule has 1 spiro atoms. The molecule has 1 saturated heterocycles. The summed E-state index contributed by atoms with van der Waals surface area (Å²) in [5, 5.41) is 4.89. The second-order valence-electron chi connectivity index (χ2n) is 6.56. The molecule has 0 bridgehead atoms. The third-order valence-corrected chi connectivity index (χ3v) is 4.93. The highest BCUT2D eigenvalue weighted by molar-refractivity contribution is 6.10. The number of nitrogens with one attached hydrogen (secondary N) is 2. The molecule has 6 nitrogen and oxygen atoms in total.